The Bertz CT molecular complexity index is 545. The number of benzene rings is 1. The molecule has 3 rings (SSSR count). The number of aliphatic hydroxyl groups excluding tert-OH is 1. The minimum Gasteiger partial charge on any atom is -0.485 e. The molecule has 0 fully saturated rings. The molecule has 1 N–H and O–H groups in total. The average Bonchev–Trinajstić information content (AvgIpc) is 2.84. The van der Waals surface area contributed by atoms with Crippen LogP contribution in [0, 0.1) is 0 Å². The second-order valence-corrected chi connectivity index (χ2v) is 6.16. The lowest BCUT2D eigenvalue weighted by atomic mass is 9.80. The molecule has 2 nitrogen and oxygen atoms in total. The lowest BCUT2D eigenvalue weighted by molar-refractivity contribution is -0.0506. The zero-order valence-electron chi connectivity index (χ0n) is 10.5. The Morgan fingerprint density at radius 1 is 1.17 bits per heavy atom. The van der Waals surface area contributed by atoms with Gasteiger partial charge in [0.05, 0.1) is 5.92 Å². The number of fused-ring (bicyclic) bond motifs is 1. The van der Waals surface area contributed by atoms with Crippen molar-refractivity contribution in [3.63, 3.8) is 0 Å². The van der Waals surface area contributed by atoms with Crippen LogP contribution < -0.4 is 4.74 Å². The first-order valence-corrected chi connectivity index (χ1v) is 6.97. The Kier molecular flexibility index (Phi) is 2.68. The largest absolute Gasteiger partial charge is 0.485 e. The number of para-hydroxylation sites is 1. The fraction of sp³-hybridized carbons (Fsp3) is 0.333. The maximum absolute atomic E-state index is 10.6. The van der Waals surface area contributed by atoms with Crippen LogP contribution in [-0.4, -0.2) is 16.8 Å². The Balaban J connectivity index is 2.16. The fourth-order valence-corrected chi connectivity index (χ4v) is 3.40. The number of hydrogen-bond donors (Lipinski definition) is 1. The van der Waals surface area contributed by atoms with Gasteiger partial charge in [0.2, 0.25) is 0 Å². The van der Waals surface area contributed by atoms with Gasteiger partial charge in [-0.25, -0.2) is 0 Å². The highest BCUT2D eigenvalue weighted by Gasteiger charge is 2.43. The normalized spacial score (nSPS) is 25.3. The Morgan fingerprint density at radius 3 is 2.67 bits per heavy atom. The maximum Gasteiger partial charge on any atom is 0.130 e. The first-order chi connectivity index (χ1) is 8.59. The van der Waals surface area contributed by atoms with Crippen molar-refractivity contribution < 1.29 is 9.84 Å². The van der Waals surface area contributed by atoms with Crippen LogP contribution in [-0.2, 0) is 0 Å². The zero-order chi connectivity index (χ0) is 12.8. The van der Waals surface area contributed by atoms with E-state index in [0.717, 1.165) is 11.3 Å². The van der Waals surface area contributed by atoms with Crippen molar-refractivity contribution in [3.8, 4) is 5.75 Å². The highest BCUT2D eigenvalue weighted by Crippen LogP contribution is 2.45. The van der Waals surface area contributed by atoms with E-state index < -0.39 is 11.7 Å². The average molecular weight is 260 g/mol. The molecule has 1 aliphatic rings. The van der Waals surface area contributed by atoms with Gasteiger partial charge in [-0.2, -0.15) is 0 Å². The molecule has 0 amide bonds. The van der Waals surface area contributed by atoms with Crippen molar-refractivity contribution in [2.75, 3.05) is 0 Å². The number of hydrogen-bond acceptors (Lipinski definition) is 3. The van der Waals surface area contributed by atoms with Crippen LogP contribution >= 0.6 is 11.3 Å². The molecule has 2 atom stereocenters. The first-order valence-electron chi connectivity index (χ1n) is 6.09. The third kappa shape index (κ3) is 1.74. The van der Waals surface area contributed by atoms with Crippen molar-refractivity contribution in [3.05, 3.63) is 52.2 Å². The van der Waals surface area contributed by atoms with Gasteiger partial charge in [0.15, 0.2) is 0 Å². The van der Waals surface area contributed by atoms with Crippen molar-refractivity contribution in [2.24, 2.45) is 0 Å². The summed E-state index contributed by atoms with van der Waals surface area (Å²) in [7, 11) is 0. The molecule has 0 aliphatic carbocycles. The molecule has 2 aromatic rings. The molecule has 18 heavy (non-hydrogen) atoms. The molecule has 0 saturated heterocycles. The topological polar surface area (TPSA) is 29.5 Å². The molecule has 0 bridgehead atoms. The van der Waals surface area contributed by atoms with E-state index in [9.17, 15) is 5.11 Å². The molecule has 0 radical (unpaired) electrons. The van der Waals surface area contributed by atoms with Crippen LogP contribution in [0.15, 0.2) is 41.8 Å². The smallest absolute Gasteiger partial charge is 0.130 e. The molecule has 2 heterocycles. The van der Waals surface area contributed by atoms with E-state index in [1.54, 1.807) is 11.3 Å². The van der Waals surface area contributed by atoms with E-state index in [1.807, 2.05) is 49.6 Å². The van der Waals surface area contributed by atoms with Gasteiger partial charge in [0.25, 0.3) is 0 Å². The Labute approximate surface area is 111 Å². The molecule has 1 aromatic heterocycles. The summed E-state index contributed by atoms with van der Waals surface area (Å²) in [5.74, 6) is 0.885. The van der Waals surface area contributed by atoms with E-state index >= 15 is 0 Å². The van der Waals surface area contributed by atoms with Gasteiger partial charge in [-0.05, 0) is 31.4 Å². The molecular weight excluding hydrogens is 244 g/mol. The summed E-state index contributed by atoms with van der Waals surface area (Å²) in [6, 6.07) is 12.1. The van der Waals surface area contributed by atoms with Gasteiger partial charge in [-0.3, -0.25) is 0 Å². The number of aliphatic hydroxyl groups is 1. The van der Waals surface area contributed by atoms with Gasteiger partial charge in [-0.1, -0.05) is 24.3 Å². The fourth-order valence-electron chi connectivity index (χ4n) is 2.52. The van der Waals surface area contributed by atoms with Gasteiger partial charge in [0.1, 0.15) is 17.5 Å². The van der Waals surface area contributed by atoms with E-state index in [4.69, 9.17) is 4.74 Å². The molecule has 3 heteroatoms. The summed E-state index contributed by atoms with van der Waals surface area (Å²) in [4.78, 5) is 1.19. The van der Waals surface area contributed by atoms with Gasteiger partial charge in [-0.15, -0.1) is 11.3 Å². The van der Waals surface area contributed by atoms with Gasteiger partial charge >= 0.3 is 0 Å². The van der Waals surface area contributed by atoms with Crippen LogP contribution in [0.1, 0.15) is 30.2 Å². The monoisotopic (exact) mass is 260 g/mol. The summed E-state index contributed by atoms with van der Waals surface area (Å²) in [5, 5.41) is 12.6. The predicted octanol–water partition coefficient (Wildman–Crippen LogP) is 3.41. The summed E-state index contributed by atoms with van der Waals surface area (Å²) < 4.78 is 5.91. The van der Waals surface area contributed by atoms with Crippen molar-refractivity contribution in [2.45, 2.75) is 31.5 Å². The summed E-state index contributed by atoms with van der Waals surface area (Å²) in [6.45, 7) is 3.88. The Hall–Kier alpha value is -1.32. The number of rotatable bonds is 1. The van der Waals surface area contributed by atoms with Crippen LogP contribution in [0.4, 0.5) is 0 Å². The molecule has 1 aliphatic heterocycles. The van der Waals surface area contributed by atoms with Crippen molar-refractivity contribution in [1.82, 2.24) is 0 Å². The lowest BCUT2D eigenvalue weighted by Gasteiger charge is -2.41. The van der Waals surface area contributed by atoms with Crippen LogP contribution in [0.25, 0.3) is 0 Å². The molecule has 0 spiro atoms. The van der Waals surface area contributed by atoms with Crippen LogP contribution in [0.2, 0.25) is 0 Å². The quantitative estimate of drug-likeness (QED) is 0.851. The van der Waals surface area contributed by atoms with E-state index in [2.05, 4.69) is 6.07 Å². The summed E-state index contributed by atoms with van der Waals surface area (Å²) >= 11 is 1.68. The highest BCUT2D eigenvalue weighted by atomic mass is 32.1. The molecule has 1 aromatic carbocycles. The zero-order valence-corrected chi connectivity index (χ0v) is 11.3. The maximum atomic E-state index is 10.6. The summed E-state index contributed by atoms with van der Waals surface area (Å²) in [5.41, 5.74) is 0.509. The summed E-state index contributed by atoms with van der Waals surface area (Å²) in [6.07, 6.45) is -0.536. The Morgan fingerprint density at radius 2 is 1.94 bits per heavy atom. The van der Waals surface area contributed by atoms with Crippen molar-refractivity contribution in [1.29, 1.82) is 0 Å². The van der Waals surface area contributed by atoms with Crippen LogP contribution in [0.5, 0.6) is 5.75 Å². The first kappa shape index (κ1) is 11.8. The number of thiophene rings is 1. The number of ether oxygens (including phenoxy) is 1. The van der Waals surface area contributed by atoms with Crippen molar-refractivity contribution >= 4 is 11.3 Å². The predicted molar refractivity (Wildman–Crippen MR) is 73.3 cm³/mol. The third-order valence-corrected chi connectivity index (χ3v) is 4.46. The molecule has 94 valence electrons. The van der Waals surface area contributed by atoms with Gasteiger partial charge in [0, 0.05) is 10.4 Å². The highest BCUT2D eigenvalue weighted by molar-refractivity contribution is 7.10. The second kappa shape index (κ2) is 4.11. The second-order valence-electron chi connectivity index (χ2n) is 5.18. The molecule has 0 saturated carbocycles. The molecule has 2 unspecified atom stereocenters. The minimum absolute atomic E-state index is 0.00458. The van der Waals surface area contributed by atoms with E-state index in [0.29, 0.717) is 0 Å². The molecular formula is C15H16O2S. The standard InChI is InChI=1S/C15H16O2S/c1-15(2)14(16)13(12-8-5-9-18-12)10-6-3-4-7-11(10)17-15/h3-9,13-14,16H,1-2H3. The van der Waals surface area contributed by atoms with Gasteiger partial charge < -0.3 is 9.84 Å². The van der Waals surface area contributed by atoms with E-state index in [-0.39, 0.29) is 5.92 Å². The lowest BCUT2D eigenvalue weighted by Crippen LogP contribution is -2.48. The SMILES string of the molecule is CC1(C)Oc2ccccc2C(c2cccs2)C1O. The van der Waals surface area contributed by atoms with E-state index in [1.165, 1.54) is 4.88 Å². The minimum atomic E-state index is -0.566. The van der Waals surface area contributed by atoms with Crippen LogP contribution in [0.3, 0.4) is 0 Å². The third-order valence-electron chi connectivity index (χ3n) is 3.50.